The molecule has 0 fully saturated rings. The fourth-order valence-corrected chi connectivity index (χ4v) is 4.70. The van der Waals surface area contributed by atoms with Gasteiger partial charge in [-0.05, 0) is 60.0 Å². The smallest absolute Gasteiger partial charge is 0.266 e. The van der Waals surface area contributed by atoms with Crippen LogP contribution >= 0.6 is 0 Å². The van der Waals surface area contributed by atoms with E-state index in [1.54, 1.807) is 20.3 Å². The highest BCUT2D eigenvalue weighted by atomic mass is 16.5. The van der Waals surface area contributed by atoms with Crippen LogP contribution in [0.5, 0.6) is 17.2 Å². The summed E-state index contributed by atoms with van der Waals surface area (Å²) in [6, 6.07) is 22.5. The van der Waals surface area contributed by atoms with Crippen molar-refractivity contribution in [3.8, 4) is 17.2 Å². The summed E-state index contributed by atoms with van der Waals surface area (Å²) in [6.45, 7) is 4.88. The largest absolute Gasteiger partial charge is 0.497 e. The number of carbonyl (C=O) groups excluding carboxylic acids is 1. The number of amides is 1. The molecule has 0 radical (unpaired) electrons. The second-order valence-corrected chi connectivity index (χ2v) is 9.50. The van der Waals surface area contributed by atoms with Crippen LogP contribution < -0.4 is 25.1 Å². The van der Waals surface area contributed by atoms with Gasteiger partial charge in [0.1, 0.15) is 17.2 Å². The average molecular weight is 560 g/mol. The van der Waals surface area contributed by atoms with Gasteiger partial charge in [0.25, 0.3) is 5.91 Å². The minimum Gasteiger partial charge on any atom is -0.497 e. The number of nitrogens with one attached hydrogen (secondary N) is 2. The van der Waals surface area contributed by atoms with E-state index in [0.717, 1.165) is 16.9 Å². The van der Waals surface area contributed by atoms with Crippen molar-refractivity contribution in [3.63, 3.8) is 0 Å². The molecule has 2 atom stereocenters. The van der Waals surface area contributed by atoms with E-state index < -0.39 is 11.6 Å². The third kappa shape index (κ3) is 7.06. The number of para-hydroxylation sites is 1. The standard InChI is InChI=1S/C32H37N3O6/c1-4-18-32(31(37)35-33-19-17-23-9-5-6-12-28(23)39-3)29(25-10-7-11-27(22-25)38-2)41-30(34-32)24-13-15-26(16-14-24)40-21-8-20-36/h4-7,9-16,22,29,33,36H,1,8,17-21H2,2-3H3,(H,35,37)/t29-,32-/m0/s1. The lowest BCUT2D eigenvalue weighted by Crippen LogP contribution is -2.52. The number of hydrazine groups is 1. The number of ether oxygens (including phenoxy) is 4. The van der Waals surface area contributed by atoms with Crippen LogP contribution in [-0.2, 0) is 16.0 Å². The number of hydrogen-bond donors (Lipinski definition) is 3. The number of aliphatic hydroxyl groups excluding tert-OH is 1. The summed E-state index contributed by atoms with van der Waals surface area (Å²) in [7, 11) is 3.23. The molecule has 1 amide bonds. The molecule has 4 rings (SSSR count). The van der Waals surface area contributed by atoms with Gasteiger partial charge in [0.2, 0.25) is 5.90 Å². The summed E-state index contributed by atoms with van der Waals surface area (Å²) >= 11 is 0. The molecule has 3 N–H and O–H groups in total. The zero-order chi connectivity index (χ0) is 29.1. The number of methoxy groups -OCH3 is 2. The van der Waals surface area contributed by atoms with Crippen LogP contribution in [0, 0.1) is 0 Å². The van der Waals surface area contributed by atoms with Crippen molar-refractivity contribution in [2.24, 2.45) is 4.99 Å². The van der Waals surface area contributed by atoms with Crippen molar-refractivity contribution in [1.82, 2.24) is 10.9 Å². The van der Waals surface area contributed by atoms with Crippen LogP contribution in [0.3, 0.4) is 0 Å². The quantitative estimate of drug-likeness (QED) is 0.146. The Kier molecular flexibility index (Phi) is 10.4. The molecule has 1 aliphatic heterocycles. The van der Waals surface area contributed by atoms with Crippen molar-refractivity contribution in [1.29, 1.82) is 0 Å². The molecular formula is C32H37N3O6. The predicted molar refractivity (Wildman–Crippen MR) is 157 cm³/mol. The summed E-state index contributed by atoms with van der Waals surface area (Å²) < 4.78 is 23.0. The molecule has 3 aromatic carbocycles. The molecule has 216 valence electrons. The summed E-state index contributed by atoms with van der Waals surface area (Å²) in [5.74, 6) is 2.10. The van der Waals surface area contributed by atoms with Crippen molar-refractivity contribution in [3.05, 3.63) is 102 Å². The number of rotatable bonds is 15. The van der Waals surface area contributed by atoms with Gasteiger partial charge >= 0.3 is 0 Å². The third-order valence-corrected chi connectivity index (χ3v) is 6.80. The van der Waals surface area contributed by atoms with Gasteiger partial charge in [-0.15, -0.1) is 6.58 Å². The van der Waals surface area contributed by atoms with E-state index in [0.29, 0.717) is 49.0 Å². The Bertz CT molecular complexity index is 1340. The Labute approximate surface area is 240 Å². The van der Waals surface area contributed by atoms with E-state index in [1.165, 1.54) is 0 Å². The van der Waals surface area contributed by atoms with Gasteiger partial charge in [-0.25, -0.2) is 10.4 Å². The Morgan fingerprint density at radius 3 is 2.61 bits per heavy atom. The first-order valence-electron chi connectivity index (χ1n) is 13.5. The molecule has 0 bridgehead atoms. The third-order valence-electron chi connectivity index (χ3n) is 6.80. The van der Waals surface area contributed by atoms with Gasteiger partial charge in [-0.2, -0.15) is 0 Å². The lowest BCUT2D eigenvalue weighted by molar-refractivity contribution is -0.129. The van der Waals surface area contributed by atoms with Gasteiger partial charge in [-0.1, -0.05) is 36.4 Å². The maximum atomic E-state index is 13.9. The van der Waals surface area contributed by atoms with Crippen LogP contribution in [0.25, 0.3) is 0 Å². The summed E-state index contributed by atoms with van der Waals surface area (Å²) in [6.07, 6.45) is 2.37. The Morgan fingerprint density at radius 1 is 1.07 bits per heavy atom. The Morgan fingerprint density at radius 2 is 1.88 bits per heavy atom. The minimum atomic E-state index is -1.32. The maximum Gasteiger partial charge on any atom is 0.266 e. The predicted octanol–water partition coefficient (Wildman–Crippen LogP) is 4.16. The molecule has 0 aliphatic carbocycles. The topological polar surface area (TPSA) is 111 Å². The van der Waals surface area contributed by atoms with Crippen LogP contribution in [0.15, 0.2) is 90.4 Å². The van der Waals surface area contributed by atoms with E-state index in [4.69, 9.17) is 29.0 Å². The van der Waals surface area contributed by atoms with E-state index in [9.17, 15) is 4.79 Å². The highest BCUT2D eigenvalue weighted by molar-refractivity contribution is 6.01. The van der Waals surface area contributed by atoms with Crippen LogP contribution in [-0.4, -0.2) is 56.4 Å². The second-order valence-electron chi connectivity index (χ2n) is 9.50. The normalized spacial score (nSPS) is 17.7. The number of aliphatic hydroxyl groups is 1. The molecule has 9 nitrogen and oxygen atoms in total. The average Bonchev–Trinajstić information content (AvgIpc) is 3.40. The van der Waals surface area contributed by atoms with Crippen molar-refractivity contribution >= 4 is 11.8 Å². The lowest BCUT2D eigenvalue weighted by atomic mass is 9.84. The van der Waals surface area contributed by atoms with Gasteiger partial charge in [0.15, 0.2) is 11.6 Å². The molecule has 3 aromatic rings. The first-order chi connectivity index (χ1) is 20.0. The number of carbonyl (C=O) groups is 1. The van der Waals surface area contributed by atoms with E-state index in [2.05, 4.69) is 17.4 Å². The fourth-order valence-electron chi connectivity index (χ4n) is 4.70. The van der Waals surface area contributed by atoms with E-state index >= 15 is 0 Å². The molecule has 41 heavy (non-hydrogen) atoms. The van der Waals surface area contributed by atoms with Crippen molar-refractivity contribution in [2.45, 2.75) is 30.9 Å². The zero-order valence-corrected chi connectivity index (χ0v) is 23.5. The molecule has 0 aromatic heterocycles. The molecular weight excluding hydrogens is 522 g/mol. The first-order valence-corrected chi connectivity index (χ1v) is 13.5. The Hall–Kier alpha value is -4.34. The minimum absolute atomic E-state index is 0.0666. The van der Waals surface area contributed by atoms with E-state index in [1.807, 2.05) is 72.8 Å². The highest BCUT2D eigenvalue weighted by Gasteiger charge is 2.52. The maximum absolute atomic E-state index is 13.9. The molecule has 0 saturated carbocycles. The lowest BCUT2D eigenvalue weighted by Gasteiger charge is -2.29. The molecule has 9 heteroatoms. The van der Waals surface area contributed by atoms with Gasteiger partial charge in [0, 0.05) is 31.6 Å². The fraction of sp³-hybridized carbons (Fsp3) is 0.312. The van der Waals surface area contributed by atoms with Crippen LogP contribution in [0.2, 0.25) is 0 Å². The number of benzene rings is 3. The van der Waals surface area contributed by atoms with E-state index in [-0.39, 0.29) is 18.9 Å². The summed E-state index contributed by atoms with van der Waals surface area (Å²) in [5.41, 5.74) is 7.07. The van der Waals surface area contributed by atoms with Crippen molar-refractivity contribution in [2.75, 3.05) is 34.0 Å². The SMILES string of the molecule is C=CC[C@]1(C(=O)NNCCc2ccccc2OC)N=C(c2ccc(OCCCO)cc2)O[C@H]1c1cccc(OC)c1. The molecule has 0 saturated heterocycles. The number of aliphatic imine (C=N–C) groups is 1. The van der Waals surface area contributed by atoms with Gasteiger partial charge < -0.3 is 24.1 Å². The molecule has 1 aliphatic rings. The highest BCUT2D eigenvalue weighted by Crippen LogP contribution is 2.43. The molecule has 1 heterocycles. The number of hydrogen-bond acceptors (Lipinski definition) is 8. The molecule has 0 spiro atoms. The van der Waals surface area contributed by atoms with Crippen LogP contribution in [0.1, 0.15) is 35.6 Å². The first kappa shape index (κ1) is 29.6. The van der Waals surface area contributed by atoms with Crippen molar-refractivity contribution < 1.29 is 28.8 Å². The monoisotopic (exact) mass is 559 g/mol. The van der Waals surface area contributed by atoms with Gasteiger partial charge in [-0.3, -0.25) is 10.2 Å². The van der Waals surface area contributed by atoms with Gasteiger partial charge in [0.05, 0.1) is 20.8 Å². The summed E-state index contributed by atoms with van der Waals surface area (Å²) in [4.78, 5) is 18.8. The summed E-state index contributed by atoms with van der Waals surface area (Å²) in [5, 5.41) is 8.99. The zero-order valence-electron chi connectivity index (χ0n) is 23.5. The number of nitrogens with zero attached hydrogens (tertiary/aromatic N) is 1. The second kappa shape index (κ2) is 14.3. The van der Waals surface area contributed by atoms with Crippen LogP contribution in [0.4, 0.5) is 0 Å². The molecule has 0 unspecified atom stereocenters. The Balaban J connectivity index is 1.58.